The molecule has 1 N–H and O–H groups in total. The van der Waals surface area contributed by atoms with Crippen LogP contribution in [-0.4, -0.2) is 20.7 Å². The summed E-state index contributed by atoms with van der Waals surface area (Å²) in [7, 11) is 3.97. The van der Waals surface area contributed by atoms with Gasteiger partial charge in [0.25, 0.3) is 0 Å². The van der Waals surface area contributed by atoms with Gasteiger partial charge in [0.2, 0.25) is 0 Å². The minimum absolute atomic E-state index is 0.239. The fourth-order valence-corrected chi connectivity index (χ4v) is 4.78. The number of ether oxygens (including phenoxy) is 3. The molecule has 1 aliphatic rings. The predicted octanol–water partition coefficient (Wildman–Crippen LogP) is 5.68. The van der Waals surface area contributed by atoms with E-state index in [9.17, 15) is 0 Å². The molecule has 1 heterocycles. The van der Waals surface area contributed by atoms with E-state index < -0.39 is 0 Å². The summed E-state index contributed by atoms with van der Waals surface area (Å²) in [6, 6.07) is 33.3. The van der Waals surface area contributed by atoms with E-state index in [4.69, 9.17) is 14.2 Å². The van der Waals surface area contributed by atoms with E-state index >= 15 is 0 Å². The van der Waals surface area contributed by atoms with Crippen LogP contribution in [-0.2, 0) is 19.6 Å². The van der Waals surface area contributed by atoms with Crippen LogP contribution in [0.2, 0.25) is 0 Å². The van der Waals surface area contributed by atoms with Crippen LogP contribution in [0.4, 0.5) is 0 Å². The second kappa shape index (κ2) is 11.8. The molecule has 188 valence electrons. The predicted molar refractivity (Wildman–Crippen MR) is 148 cm³/mol. The number of fused-ring (bicyclic) bond motifs is 1. The van der Waals surface area contributed by atoms with Gasteiger partial charge in [-0.25, -0.2) is 0 Å². The Morgan fingerprint density at radius 3 is 2.08 bits per heavy atom. The van der Waals surface area contributed by atoms with Crippen LogP contribution in [0.5, 0.6) is 17.2 Å². The summed E-state index contributed by atoms with van der Waals surface area (Å²) in [6.45, 7) is 2.15. The molecule has 0 spiro atoms. The first-order chi connectivity index (χ1) is 18.2. The maximum absolute atomic E-state index is 6.22. The Hall–Kier alpha value is -4.02. The molecule has 1 unspecified atom stereocenters. The zero-order valence-electron chi connectivity index (χ0n) is 21.5. The number of hydrogen-bond acceptors (Lipinski definition) is 3. The van der Waals surface area contributed by atoms with Gasteiger partial charge in [-0.3, -0.25) is 0 Å². The van der Waals surface area contributed by atoms with Crippen molar-refractivity contribution < 1.29 is 19.1 Å². The van der Waals surface area contributed by atoms with E-state index in [1.807, 2.05) is 48.5 Å². The van der Waals surface area contributed by atoms with Crippen LogP contribution in [0.25, 0.3) is 6.08 Å². The number of hydrogen-bond donors (Lipinski definition) is 1. The lowest BCUT2D eigenvalue weighted by atomic mass is 9.91. The molecule has 0 radical (unpaired) electrons. The number of likely N-dealkylation sites (N-methyl/N-ethyl adjacent to an activating group) is 1. The first-order valence-electron chi connectivity index (χ1n) is 12.8. The van der Waals surface area contributed by atoms with Crippen LogP contribution in [0.3, 0.4) is 0 Å². The average Bonchev–Trinajstić information content (AvgIpc) is 2.95. The lowest BCUT2D eigenvalue weighted by Gasteiger charge is -2.30. The molecular weight excluding hydrogens is 458 g/mol. The second-order valence-electron chi connectivity index (χ2n) is 9.50. The van der Waals surface area contributed by atoms with Crippen molar-refractivity contribution in [2.45, 2.75) is 25.7 Å². The van der Waals surface area contributed by atoms with Crippen molar-refractivity contribution >= 4 is 6.08 Å². The van der Waals surface area contributed by atoms with Crippen molar-refractivity contribution in [3.05, 3.63) is 131 Å². The van der Waals surface area contributed by atoms with E-state index in [0.29, 0.717) is 13.2 Å². The van der Waals surface area contributed by atoms with Crippen LogP contribution in [0, 0.1) is 0 Å². The molecule has 0 saturated heterocycles. The third-order valence-electron chi connectivity index (χ3n) is 6.93. The molecule has 0 bridgehead atoms. The fourth-order valence-electron chi connectivity index (χ4n) is 4.78. The Bertz CT molecular complexity index is 1320. The molecule has 2 atom stereocenters. The summed E-state index contributed by atoms with van der Waals surface area (Å²) in [4.78, 5) is 1.46. The summed E-state index contributed by atoms with van der Waals surface area (Å²) in [5.41, 5.74) is 6.08. The zero-order valence-corrected chi connectivity index (χ0v) is 21.5. The summed E-state index contributed by atoms with van der Waals surface area (Å²) in [5, 5.41) is 0. The molecule has 37 heavy (non-hydrogen) atoms. The molecule has 1 aliphatic heterocycles. The monoisotopic (exact) mass is 492 g/mol. The van der Waals surface area contributed by atoms with Crippen molar-refractivity contribution in [1.29, 1.82) is 0 Å². The van der Waals surface area contributed by atoms with Crippen molar-refractivity contribution in [2.75, 3.05) is 20.7 Å². The van der Waals surface area contributed by atoms with Crippen LogP contribution >= 0.6 is 0 Å². The third-order valence-corrected chi connectivity index (χ3v) is 6.93. The van der Waals surface area contributed by atoms with Crippen LogP contribution in [0.1, 0.15) is 33.9 Å². The Balaban J connectivity index is 1.31. The molecule has 0 amide bonds. The Morgan fingerprint density at radius 1 is 0.784 bits per heavy atom. The van der Waals surface area contributed by atoms with Crippen LogP contribution < -0.4 is 19.1 Å². The van der Waals surface area contributed by atoms with E-state index in [1.165, 1.54) is 16.0 Å². The highest BCUT2D eigenvalue weighted by Crippen LogP contribution is 2.35. The number of nitrogens with one attached hydrogen (secondary N) is 1. The Kier molecular flexibility index (Phi) is 7.87. The van der Waals surface area contributed by atoms with Crippen molar-refractivity contribution in [1.82, 2.24) is 0 Å². The topological polar surface area (TPSA) is 32.1 Å². The van der Waals surface area contributed by atoms with E-state index in [-0.39, 0.29) is 6.04 Å². The summed E-state index contributed by atoms with van der Waals surface area (Å²) < 4.78 is 17.9. The molecule has 0 aliphatic carbocycles. The number of benzene rings is 4. The van der Waals surface area contributed by atoms with Gasteiger partial charge in [0.05, 0.1) is 20.7 Å². The highest BCUT2D eigenvalue weighted by Gasteiger charge is 2.28. The van der Waals surface area contributed by atoms with Crippen molar-refractivity contribution in [3.63, 3.8) is 0 Å². The lowest BCUT2D eigenvalue weighted by Crippen LogP contribution is -3.10. The Morgan fingerprint density at radius 2 is 1.43 bits per heavy atom. The SMILES string of the molecule is COc1cc2c(cc1OCc1ccccc1)[C@@H](/C=C/c1ccc(OCc3ccccc3)cc1)[NH+](C)CC2. The Labute approximate surface area is 219 Å². The number of methoxy groups -OCH3 is 1. The quantitative estimate of drug-likeness (QED) is 0.326. The normalized spacial score (nSPS) is 16.8. The zero-order chi connectivity index (χ0) is 25.5. The van der Waals surface area contributed by atoms with Gasteiger partial charge in [-0.05, 0) is 52.6 Å². The van der Waals surface area contributed by atoms with Crippen molar-refractivity contribution in [3.8, 4) is 17.2 Å². The average molecular weight is 493 g/mol. The first kappa shape index (κ1) is 24.7. The largest absolute Gasteiger partial charge is 0.493 e. The molecule has 0 saturated carbocycles. The first-order valence-corrected chi connectivity index (χ1v) is 12.8. The van der Waals surface area contributed by atoms with Crippen molar-refractivity contribution in [2.24, 2.45) is 0 Å². The van der Waals surface area contributed by atoms with E-state index in [1.54, 1.807) is 7.11 Å². The maximum atomic E-state index is 6.22. The third kappa shape index (κ3) is 6.22. The van der Waals surface area contributed by atoms with Gasteiger partial charge in [0.1, 0.15) is 25.0 Å². The second-order valence-corrected chi connectivity index (χ2v) is 9.50. The lowest BCUT2D eigenvalue weighted by molar-refractivity contribution is -0.907. The number of quaternary nitrogens is 1. The molecular formula is C33H34NO3+. The van der Waals surface area contributed by atoms with Gasteiger partial charge >= 0.3 is 0 Å². The molecule has 4 heteroatoms. The van der Waals surface area contributed by atoms with Gasteiger partial charge < -0.3 is 19.1 Å². The van der Waals surface area contributed by atoms with Gasteiger partial charge in [0.15, 0.2) is 11.5 Å². The number of rotatable bonds is 9. The highest BCUT2D eigenvalue weighted by atomic mass is 16.5. The van der Waals surface area contributed by atoms with E-state index in [2.05, 4.69) is 67.7 Å². The van der Waals surface area contributed by atoms with Gasteiger partial charge in [0, 0.05) is 12.0 Å². The molecule has 4 nitrogen and oxygen atoms in total. The summed E-state index contributed by atoms with van der Waals surface area (Å²) >= 11 is 0. The highest BCUT2D eigenvalue weighted by molar-refractivity contribution is 5.54. The smallest absolute Gasteiger partial charge is 0.162 e. The standard InChI is InChI=1S/C33H33NO3/c1-34-20-19-28-21-32(35-2)33(37-24-27-11-7-4-8-12-27)22-30(28)31(34)18-15-25-13-16-29(17-14-25)36-23-26-9-5-3-6-10-26/h3-18,21-22,31H,19-20,23-24H2,1-2H3/p+1/b18-15+/t31-/m1/s1. The van der Waals surface area contributed by atoms with Gasteiger partial charge in [-0.15, -0.1) is 0 Å². The minimum Gasteiger partial charge on any atom is -0.493 e. The molecule has 4 aromatic carbocycles. The molecule has 4 aromatic rings. The van der Waals surface area contributed by atoms with Crippen LogP contribution in [0.15, 0.2) is 103 Å². The van der Waals surface area contributed by atoms with Gasteiger partial charge in [-0.2, -0.15) is 0 Å². The summed E-state index contributed by atoms with van der Waals surface area (Å²) in [6.07, 6.45) is 5.54. The van der Waals surface area contributed by atoms with E-state index in [0.717, 1.165) is 46.9 Å². The van der Waals surface area contributed by atoms with Gasteiger partial charge in [-0.1, -0.05) is 78.9 Å². The maximum Gasteiger partial charge on any atom is 0.162 e. The minimum atomic E-state index is 0.239. The molecule has 5 rings (SSSR count). The summed E-state index contributed by atoms with van der Waals surface area (Å²) in [5.74, 6) is 2.46. The fraction of sp³-hybridized carbons (Fsp3) is 0.212. The molecule has 0 fully saturated rings. The molecule has 0 aromatic heterocycles.